The van der Waals surface area contributed by atoms with Crippen molar-refractivity contribution in [1.82, 2.24) is 19.5 Å². The van der Waals surface area contributed by atoms with Crippen LogP contribution in [0.3, 0.4) is 0 Å². The number of hydrogen-bond donors (Lipinski definition) is 1. The van der Waals surface area contributed by atoms with Crippen LogP contribution in [0.1, 0.15) is 46.7 Å². The Morgan fingerprint density at radius 1 is 1.30 bits per heavy atom. The van der Waals surface area contributed by atoms with E-state index < -0.39 is 33.1 Å². The van der Waals surface area contributed by atoms with E-state index in [4.69, 9.17) is 13.9 Å². The minimum atomic E-state index is -1.79. The zero-order valence-electron chi connectivity index (χ0n) is 19.1. The van der Waals surface area contributed by atoms with Crippen molar-refractivity contribution in [3.05, 3.63) is 12.2 Å². The number of anilines is 1. The Labute approximate surface area is 179 Å². The van der Waals surface area contributed by atoms with Crippen LogP contribution >= 0.6 is 0 Å². The van der Waals surface area contributed by atoms with Crippen LogP contribution in [0.2, 0.25) is 11.1 Å². The van der Waals surface area contributed by atoms with Gasteiger partial charge in [-0.1, -0.05) is 27.7 Å². The molecule has 0 aliphatic carbocycles. The number of halogens is 1. The lowest BCUT2D eigenvalue weighted by molar-refractivity contribution is -0.0546. The first-order valence-corrected chi connectivity index (χ1v) is 12.3. The quantitative estimate of drug-likeness (QED) is 0.631. The first-order chi connectivity index (χ1) is 14.1. The van der Waals surface area contributed by atoms with Gasteiger partial charge in [0.2, 0.25) is 0 Å². The molecule has 3 rings (SSSR count). The van der Waals surface area contributed by atoms with Crippen molar-refractivity contribution in [1.29, 1.82) is 0 Å². The van der Waals surface area contributed by atoms with Crippen LogP contribution in [0.15, 0.2) is 6.33 Å². The molecule has 0 amide bonds. The molecule has 2 aromatic heterocycles. The van der Waals surface area contributed by atoms with Crippen LogP contribution in [0.25, 0.3) is 11.2 Å². The molecule has 0 aromatic carbocycles. The Morgan fingerprint density at radius 2 is 1.97 bits per heavy atom. The predicted octanol–water partition coefficient (Wildman–Crippen LogP) is 3.38. The summed E-state index contributed by atoms with van der Waals surface area (Å²) < 4.78 is 35.7. The number of nitrogens with one attached hydrogen (secondary N) is 1. The van der Waals surface area contributed by atoms with Gasteiger partial charge in [-0.25, -0.2) is 19.3 Å². The van der Waals surface area contributed by atoms with Crippen molar-refractivity contribution >= 4 is 26.0 Å². The van der Waals surface area contributed by atoms with Crippen molar-refractivity contribution in [3.63, 3.8) is 0 Å². The molecular formula is C20H34FN5O3Si. The number of ether oxygens (including phenoxy) is 2. The monoisotopic (exact) mass is 439 g/mol. The third kappa shape index (κ3) is 4.10. The molecule has 1 fully saturated rings. The fraction of sp³-hybridized carbons (Fsp3) is 0.750. The molecule has 0 bridgehead atoms. The maximum absolute atomic E-state index is 16.0. The fourth-order valence-corrected chi connectivity index (χ4v) is 7.17. The Hall–Kier alpha value is -1.62. The van der Waals surface area contributed by atoms with E-state index in [1.54, 1.807) is 24.9 Å². The summed E-state index contributed by atoms with van der Waals surface area (Å²) in [7, 11) is 1.82. The van der Waals surface area contributed by atoms with Gasteiger partial charge in [-0.3, -0.25) is 4.57 Å². The molecule has 10 heteroatoms. The average Bonchev–Trinajstić information content (AvgIpc) is 3.17. The molecule has 2 aromatic rings. The molecule has 168 valence electrons. The van der Waals surface area contributed by atoms with Gasteiger partial charge in [0.1, 0.15) is 18.0 Å². The highest BCUT2D eigenvalue weighted by molar-refractivity contribution is 6.54. The fourth-order valence-electron chi connectivity index (χ4n) is 4.45. The van der Waals surface area contributed by atoms with Crippen LogP contribution in [0.5, 0.6) is 0 Å². The lowest BCUT2D eigenvalue weighted by Gasteiger charge is -2.28. The van der Waals surface area contributed by atoms with Gasteiger partial charge in [0.25, 0.3) is 0 Å². The summed E-state index contributed by atoms with van der Waals surface area (Å²) in [4.78, 5) is 13.2. The minimum Gasteiger partial charge on any atom is -0.417 e. The summed E-state index contributed by atoms with van der Waals surface area (Å²) >= 11 is 0. The molecule has 30 heavy (non-hydrogen) atoms. The second-order valence-electron chi connectivity index (χ2n) is 8.81. The molecule has 1 saturated heterocycles. The largest absolute Gasteiger partial charge is 0.417 e. The standard InChI is InChI=1S/C20H34FN5O3Si/c1-11(2)30(12(3)4)28-9-14-16(27-8)20(6,21)19(29-14)26-10-23-15-17(22-7)24-13(5)25-18(15)26/h10-12,14,16,19,30H,9H2,1-8H3,(H,22,24,25)/t14-,16-,19-,20-/m1/s1. The van der Waals surface area contributed by atoms with E-state index in [9.17, 15) is 0 Å². The number of imidazole rings is 1. The van der Waals surface area contributed by atoms with E-state index in [1.165, 1.54) is 14.0 Å². The molecule has 3 heterocycles. The van der Waals surface area contributed by atoms with E-state index in [-0.39, 0.29) is 0 Å². The van der Waals surface area contributed by atoms with Crippen molar-refractivity contribution in [2.75, 3.05) is 26.1 Å². The highest BCUT2D eigenvalue weighted by Gasteiger charge is 2.56. The number of alkyl halides is 1. The van der Waals surface area contributed by atoms with Crippen LogP contribution in [0.4, 0.5) is 10.2 Å². The molecule has 0 spiro atoms. The summed E-state index contributed by atoms with van der Waals surface area (Å²) in [5, 5.41) is 3.02. The van der Waals surface area contributed by atoms with E-state index in [1.807, 2.05) is 0 Å². The van der Waals surface area contributed by atoms with Crippen LogP contribution in [-0.4, -0.2) is 67.2 Å². The van der Waals surface area contributed by atoms with Gasteiger partial charge in [0, 0.05) is 14.2 Å². The van der Waals surface area contributed by atoms with Crippen LogP contribution in [-0.2, 0) is 13.9 Å². The smallest absolute Gasteiger partial charge is 0.182 e. The molecule has 0 radical (unpaired) electrons. The summed E-state index contributed by atoms with van der Waals surface area (Å²) in [5.74, 6) is 1.17. The predicted molar refractivity (Wildman–Crippen MR) is 117 cm³/mol. The average molecular weight is 440 g/mol. The number of nitrogens with zero attached hydrogens (tertiary/aromatic N) is 4. The van der Waals surface area contributed by atoms with Gasteiger partial charge in [-0.05, 0) is 24.9 Å². The Morgan fingerprint density at radius 3 is 2.53 bits per heavy atom. The van der Waals surface area contributed by atoms with Gasteiger partial charge in [-0.2, -0.15) is 0 Å². The Kier molecular flexibility index (Phi) is 6.80. The second kappa shape index (κ2) is 8.86. The number of rotatable bonds is 8. The maximum Gasteiger partial charge on any atom is 0.182 e. The van der Waals surface area contributed by atoms with E-state index in [0.717, 1.165) is 0 Å². The first kappa shape index (κ1) is 23.0. The molecule has 4 atom stereocenters. The van der Waals surface area contributed by atoms with Crippen molar-refractivity contribution < 1.29 is 18.3 Å². The topological polar surface area (TPSA) is 83.3 Å². The molecule has 1 aliphatic rings. The normalized spacial score (nSPS) is 27.1. The number of fused-ring (bicyclic) bond motifs is 1. The second-order valence-corrected chi connectivity index (χ2v) is 12.7. The molecule has 1 N–H and O–H groups in total. The minimum absolute atomic E-state index is 0.310. The number of methoxy groups -OCH3 is 1. The third-order valence-electron chi connectivity index (χ3n) is 5.72. The van der Waals surface area contributed by atoms with Crippen molar-refractivity contribution in [2.45, 2.75) is 76.7 Å². The Bertz CT molecular complexity index is 867. The number of aryl methyl sites for hydroxylation is 1. The van der Waals surface area contributed by atoms with Crippen molar-refractivity contribution in [2.24, 2.45) is 0 Å². The lowest BCUT2D eigenvalue weighted by atomic mass is 9.98. The van der Waals surface area contributed by atoms with Crippen LogP contribution in [0, 0.1) is 6.92 Å². The van der Waals surface area contributed by atoms with Gasteiger partial charge < -0.3 is 19.2 Å². The first-order valence-electron chi connectivity index (χ1n) is 10.5. The third-order valence-corrected chi connectivity index (χ3v) is 8.93. The van der Waals surface area contributed by atoms with E-state index in [2.05, 4.69) is 48.0 Å². The molecule has 1 aliphatic heterocycles. The molecule has 0 saturated carbocycles. The van der Waals surface area contributed by atoms with E-state index in [0.29, 0.717) is 40.5 Å². The summed E-state index contributed by atoms with van der Waals surface area (Å²) in [6.45, 7) is 12.3. The number of aromatic nitrogens is 4. The van der Waals surface area contributed by atoms with Crippen LogP contribution < -0.4 is 5.32 Å². The molecule has 8 nitrogen and oxygen atoms in total. The zero-order valence-corrected chi connectivity index (χ0v) is 20.3. The summed E-state index contributed by atoms with van der Waals surface area (Å²) in [6, 6.07) is 0. The molecular weight excluding hydrogens is 405 g/mol. The Balaban J connectivity index is 1.91. The van der Waals surface area contributed by atoms with Gasteiger partial charge in [0.15, 0.2) is 37.9 Å². The highest BCUT2D eigenvalue weighted by atomic mass is 28.3. The van der Waals surface area contributed by atoms with E-state index >= 15 is 4.39 Å². The number of hydrogen-bond acceptors (Lipinski definition) is 7. The SMILES string of the molecule is CNc1nc(C)nc2c1ncn2[C@@H]1O[C@H](CO[SiH](C(C)C)C(C)C)[C@@H](OC)[C@@]1(C)F. The highest BCUT2D eigenvalue weighted by Crippen LogP contribution is 2.44. The zero-order chi connectivity index (χ0) is 22.2. The van der Waals surface area contributed by atoms with Crippen molar-refractivity contribution in [3.8, 4) is 0 Å². The lowest BCUT2D eigenvalue weighted by Crippen LogP contribution is -2.43. The maximum atomic E-state index is 16.0. The van der Waals surface area contributed by atoms with Gasteiger partial charge in [-0.15, -0.1) is 0 Å². The summed E-state index contributed by atoms with van der Waals surface area (Å²) in [6.07, 6.45) is -0.664. The molecule has 0 unspecified atom stereocenters. The van der Waals surface area contributed by atoms with Gasteiger partial charge >= 0.3 is 0 Å². The summed E-state index contributed by atoms with van der Waals surface area (Å²) in [5.41, 5.74) is 0.272. The van der Waals surface area contributed by atoms with Gasteiger partial charge in [0.05, 0.1) is 12.9 Å².